The summed E-state index contributed by atoms with van der Waals surface area (Å²) in [5.74, 6) is -1.30. The number of carbonyl (C=O) groups is 2. The Hall–Kier alpha value is -2.38. The van der Waals surface area contributed by atoms with Crippen molar-refractivity contribution in [1.82, 2.24) is 15.1 Å². The molecular formula is C12H16ClFN6O3. The fraction of sp³-hybridized carbons (Fsp3) is 0.500. The molecule has 1 aromatic rings. The molecule has 0 radical (unpaired) electrons. The molecule has 2 heterocycles. The number of nitrogens with one attached hydrogen (secondary N) is 1. The van der Waals surface area contributed by atoms with E-state index in [9.17, 15) is 14.0 Å². The van der Waals surface area contributed by atoms with Gasteiger partial charge in [-0.2, -0.15) is 5.26 Å². The molecule has 1 saturated heterocycles. The van der Waals surface area contributed by atoms with Crippen LogP contribution in [0.15, 0.2) is 6.20 Å². The zero-order valence-electron chi connectivity index (χ0n) is 12.0. The van der Waals surface area contributed by atoms with Gasteiger partial charge in [-0.05, 0) is 13.0 Å². The Kier molecular flexibility index (Phi) is 5.89. The van der Waals surface area contributed by atoms with Gasteiger partial charge in [-0.15, -0.1) is 17.5 Å². The summed E-state index contributed by atoms with van der Waals surface area (Å²) in [5.41, 5.74) is 8.62. The average molecular weight is 347 g/mol. The monoisotopic (exact) mass is 346 g/mol. The first-order chi connectivity index (χ1) is 10.4. The fourth-order valence-electron chi connectivity index (χ4n) is 2.48. The third-order valence-corrected chi connectivity index (χ3v) is 3.63. The number of amides is 2. The van der Waals surface area contributed by atoms with Crippen LogP contribution in [0.4, 0.5) is 9.18 Å². The highest BCUT2D eigenvalue weighted by Crippen LogP contribution is 2.34. The summed E-state index contributed by atoms with van der Waals surface area (Å²) in [5, 5.41) is 15.8. The van der Waals surface area contributed by atoms with Crippen LogP contribution in [0.25, 0.3) is 0 Å². The van der Waals surface area contributed by atoms with Gasteiger partial charge in [0.05, 0.1) is 12.5 Å². The molecule has 2 unspecified atom stereocenters. The van der Waals surface area contributed by atoms with E-state index in [0.717, 1.165) is 4.68 Å². The highest BCUT2D eigenvalue weighted by Gasteiger charge is 2.44. The minimum atomic E-state index is -1.41. The van der Waals surface area contributed by atoms with Crippen molar-refractivity contribution in [2.45, 2.75) is 24.6 Å². The normalized spacial score (nSPS) is 23.4. The zero-order chi connectivity index (χ0) is 16.3. The van der Waals surface area contributed by atoms with E-state index in [1.54, 1.807) is 0 Å². The molecule has 0 spiro atoms. The number of rotatable bonds is 4. The van der Waals surface area contributed by atoms with Gasteiger partial charge in [0, 0.05) is 12.7 Å². The van der Waals surface area contributed by atoms with E-state index in [4.69, 9.17) is 16.7 Å². The van der Waals surface area contributed by atoms with Crippen LogP contribution in [0.5, 0.6) is 5.88 Å². The molecule has 2 amide bonds. The number of primary amides is 2. The smallest absolute Gasteiger partial charge is 0.389 e. The number of alkyl halides is 1. The minimum Gasteiger partial charge on any atom is -0.389 e. The minimum absolute atomic E-state index is 0. The summed E-state index contributed by atoms with van der Waals surface area (Å²) in [6, 6.07) is 1.93. The van der Waals surface area contributed by atoms with Crippen LogP contribution in [0.1, 0.15) is 23.2 Å². The molecule has 2 rings (SSSR count). The lowest BCUT2D eigenvalue weighted by Gasteiger charge is -2.38. The van der Waals surface area contributed by atoms with E-state index < -0.39 is 29.6 Å². The maximum Gasteiger partial charge on any atom is 0.411 e. The predicted molar refractivity (Wildman–Crippen MR) is 78.8 cm³/mol. The van der Waals surface area contributed by atoms with Crippen LogP contribution in [0, 0.1) is 11.3 Å². The Bertz CT molecular complexity index is 645. The average Bonchev–Trinajstić information content (AvgIpc) is 2.85. The van der Waals surface area contributed by atoms with Crippen molar-refractivity contribution in [3.05, 3.63) is 11.8 Å². The van der Waals surface area contributed by atoms with Gasteiger partial charge in [0.25, 0.3) is 11.8 Å². The molecule has 0 bridgehead atoms. The third-order valence-electron chi connectivity index (χ3n) is 3.63. The third kappa shape index (κ3) is 3.52. The van der Waals surface area contributed by atoms with Crippen molar-refractivity contribution >= 4 is 24.4 Å². The number of halogens is 2. The Balaban J connectivity index is 0.00000264. The SMILES string of the molecule is Cl.N#CCC1(n2cc(C(N)=O)c(OC(N)=O)n2)CCNCC1F. The second kappa shape index (κ2) is 7.26. The second-order valence-electron chi connectivity index (χ2n) is 4.94. The van der Waals surface area contributed by atoms with Gasteiger partial charge in [0.15, 0.2) is 0 Å². The van der Waals surface area contributed by atoms with E-state index in [2.05, 4.69) is 15.2 Å². The highest BCUT2D eigenvalue weighted by atomic mass is 35.5. The number of aromatic nitrogens is 2. The highest BCUT2D eigenvalue weighted by molar-refractivity contribution is 5.95. The lowest BCUT2D eigenvalue weighted by atomic mass is 9.84. The largest absolute Gasteiger partial charge is 0.411 e. The summed E-state index contributed by atoms with van der Waals surface area (Å²) >= 11 is 0. The van der Waals surface area contributed by atoms with Crippen LogP contribution >= 0.6 is 12.4 Å². The van der Waals surface area contributed by atoms with Crippen LogP contribution in [0.2, 0.25) is 0 Å². The standard InChI is InChI=1S/C12H15FN6O3.ClH/c13-8-5-17-4-2-12(8,1-3-14)19-6-7(9(15)20)10(18-19)22-11(16)21;/h6,8,17H,1-2,4-5H2,(H2,15,20)(H2,16,21);1H. The van der Waals surface area contributed by atoms with Crippen LogP contribution in [0.3, 0.4) is 0 Å². The number of piperidine rings is 1. The topological polar surface area (TPSA) is 149 Å². The number of carbonyl (C=O) groups excluding carboxylic acids is 2. The van der Waals surface area contributed by atoms with Crippen molar-refractivity contribution in [1.29, 1.82) is 5.26 Å². The quantitative estimate of drug-likeness (QED) is 0.687. The van der Waals surface area contributed by atoms with Crippen molar-refractivity contribution in [3.8, 4) is 11.9 Å². The second-order valence-corrected chi connectivity index (χ2v) is 4.94. The first-order valence-electron chi connectivity index (χ1n) is 6.49. The Labute approximate surface area is 137 Å². The summed E-state index contributed by atoms with van der Waals surface area (Å²) in [6.07, 6.45) is -1.30. The number of nitrogens with zero attached hydrogens (tertiary/aromatic N) is 3. The zero-order valence-corrected chi connectivity index (χ0v) is 12.8. The molecule has 1 aliphatic rings. The van der Waals surface area contributed by atoms with Gasteiger partial charge < -0.3 is 21.5 Å². The van der Waals surface area contributed by atoms with Crippen molar-refractivity contribution in [2.75, 3.05) is 13.1 Å². The Morgan fingerprint density at radius 3 is 2.83 bits per heavy atom. The van der Waals surface area contributed by atoms with Crippen molar-refractivity contribution < 1.29 is 18.7 Å². The molecule has 0 saturated carbocycles. The molecular weight excluding hydrogens is 331 g/mol. The van der Waals surface area contributed by atoms with E-state index in [1.807, 2.05) is 6.07 Å². The van der Waals surface area contributed by atoms with Crippen LogP contribution < -0.4 is 21.5 Å². The molecule has 11 heteroatoms. The first-order valence-corrected chi connectivity index (χ1v) is 6.49. The summed E-state index contributed by atoms with van der Waals surface area (Å²) < 4.78 is 20.2. The summed E-state index contributed by atoms with van der Waals surface area (Å²) in [4.78, 5) is 22.3. The molecule has 9 nitrogen and oxygen atoms in total. The van der Waals surface area contributed by atoms with Crippen LogP contribution in [-0.4, -0.2) is 41.0 Å². The van der Waals surface area contributed by atoms with Crippen LogP contribution in [-0.2, 0) is 5.54 Å². The van der Waals surface area contributed by atoms with Crippen molar-refractivity contribution in [3.63, 3.8) is 0 Å². The number of hydrogen-bond acceptors (Lipinski definition) is 6. The molecule has 1 aromatic heterocycles. The predicted octanol–water partition coefficient (Wildman–Crippen LogP) is -0.198. The maximum absolute atomic E-state index is 14.5. The Morgan fingerprint density at radius 2 is 2.30 bits per heavy atom. The van der Waals surface area contributed by atoms with Gasteiger partial charge in [0.1, 0.15) is 17.3 Å². The number of nitriles is 1. The molecule has 5 N–H and O–H groups in total. The molecule has 126 valence electrons. The van der Waals surface area contributed by atoms with E-state index >= 15 is 0 Å². The lowest BCUT2D eigenvalue weighted by molar-refractivity contribution is 0.0673. The molecule has 1 aliphatic heterocycles. The van der Waals surface area contributed by atoms with Gasteiger partial charge in [-0.25, -0.2) is 9.18 Å². The fourth-order valence-corrected chi connectivity index (χ4v) is 2.48. The van der Waals surface area contributed by atoms with Gasteiger partial charge >= 0.3 is 6.09 Å². The van der Waals surface area contributed by atoms with E-state index in [0.29, 0.717) is 6.54 Å². The number of hydrogen-bond donors (Lipinski definition) is 3. The number of nitrogens with two attached hydrogens (primary N) is 2. The first kappa shape index (κ1) is 18.7. The number of ether oxygens (including phenoxy) is 1. The van der Waals surface area contributed by atoms with Crippen molar-refractivity contribution in [2.24, 2.45) is 11.5 Å². The maximum atomic E-state index is 14.5. The molecule has 1 fully saturated rings. The molecule has 0 aromatic carbocycles. The summed E-state index contributed by atoms with van der Waals surface area (Å²) in [6.45, 7) is 0.513. The van der Waals surface area contributed by atoms with E-state index in [1.165, 1.54) is 6.20 Å². The molecule has 0 aliphatic carbocycles. The van der Waals surface area contributed by atoms with Gasteiger partial charge in [-0.1, -0.05) is 0 Å². The van der Waals surface area contributed by atoms with E-state index in [-0.39, 0.29) is 37.4 Å². The van der Waals surface area contributed by atoms with Gasteiger partial charge in [-0.3, -0.25) is 9.48 Å². The molecule has 2 atom stereocenters. The summed E-state index contributed by atoms with van der Waals surface area (Å²) in [7, 11) is 0. The Morgan fingerprint density at radius 1 is 1.61 bits per heavy atom. The lowest BCUT2D eigenvalue weighted by Crippen LogP contribution is -2.53. The molecule has 23 heavy (non-hydrogen) atoms. The van der Waals surface area contributed by atoms with Gasteiger partial charge in [0.2, 0.25) is 0 Å².